The molecule has 3 fully saturated rings. The van der Waals surface area contributed by atoms with Crippen molar-refractivity contribution in [3.05, 3.63) is 76.1 Å². The van der Waals surface area contributed by atoms with E-state index >= 15 is 0 Å². The van der Waals surface area contributed by atoms with Gasteiger partial charge in [-0.2, -0.15) is 0 Å². The summed E-state index contributed by atoms with van der Waals surface area (Å²) < 4.78 is 19.6. The highest BCUT2D eigenvalue weighted by Gasteiger charge is 2.29. The minimum absolute atomic E-state index is 0.249. The van der Waals surface area contributed by atoms with Gasteiger partial charge in [-0.3, -0.25) is 10.3 Å². The molecule has 3 heterocycles. The Kier molecular flexibility index (Phi) is 9.05. The third-order valence-corrected chi connectivity index (χ3v) is 9.20. The van der Waals surface area contributed by atoms with Crippen LogP contribution in [0.1, 0.15) is 49.3 Å². The number of benzene rings is 2. The summed E-state index contributed by atoms with van der Waals surface area (Å²) in [5, 5.41) is 13.6. The molecule has 3 saturated heterocycles. The van der Waals surface area contributed by atoms with Crippen LogP contribution in [-0.2, 0) is 11.3 Å². The van der Waals surface area contributed by atoms with Crippen LogP contribution in [0.3, 0.4) is 0 Å². The number of piperidine rings is 1. The van der Waals surface area contributed by atoms with Crippen molar-refractivity contribution in [1.82, 2.24) is 20.0 Å². The molecule has 0 spiro atoms. The monoisotopic (exact) mass is 537 g/mol. The predicted molar refractivity (Wildman–Crippen MR) is 153 cm³/mol. The molecule has 0 amide bonds. The molecule has 0 bridgehead atoms. The largest absolute Gasteiger partial charge is 0.375 e. The second kappa shape index (κ2) is 12.6. The zero-order chi connectivity index (χ0) is 26.5. The Morgan fingerprint density at radius 3 is 2.47 bits per heavy atom. The van der Waals surface area contributed by atoms with Crippen molar-refractivity contribution < 1.29 is 9.13 Å². The van der Waals surface area contributed by atoms with E-state index in [1.54, 1.807) is 12.1 Å². The van der Waals surface area contributed by atoms with Crippen LogP contribution in [0.2, 0.25) is 0 Å². The first-order valence-corrected chi connectivity index (χ1v) is 14.6. The van der Waals surface area contributed by atoms with E-state index in [0.717, 1.165) is 41.6 Å². The normalized spacial score (nSPS) is 24.6. The van der Waals surface area contributed by atoms with Crippen molar-refractivity contribution in [3.63, 3.8) is 0 Å². The van der Waals surface area contributed by atoms with Crippen molar-refractivity contribution >= 4 is 17.6 Å². The maximum Gasteiger partial charge on any atom is 0.130 e. The van der Waals surface area contributed by atoms with Crippen LogP contribution in [0.15, 0.2) is 64.0 Å². The van der Waals surface area contributed by atoms with E-state index in [1.165, 1.54) is 60.7 Å². The van der Waals surface area contributed by atoms with Crippen molar-refractivity contribution in [2.24, 2.45) is 0 Å². The number of likely N-dealkylation sites (N-methyl/N-ethyl adjacent to an activating group) is 1. The number of hydrogen-bond acceptors (Lipinski definition) is 6. The SMILES string of the molecule is CN1CCCC1CN1COC/C(=C(/NCc2ccc(C3CCCCN3C)cc2)Sc2ccc(F)cc2)C1=N. The number of likely N-dealkylation sites (tertiary alicyclic amines) is 2. The molecular weight excluding hydrogens is 497 g/mol. The Bertz CT molecular complexity index is 1120. The molecule has 0 aliphatic carbocycles. The highest BCUT2D eigenvalue weighted by Crippen LogP contribution is 2.32. The standard InChI is InChI=1S/C30H40FN5OS/c1-34-17-5-6-25(34)19-36-21-37-20-27(29(36)32)30(38-26-14-12-24(31)13-15-26)33-18-22-8-10-23(11-9-22)28-7-3-4-16-35(28)2/h8-15,25,28,32-33H,3-7,16-21H2,1-2H3/b30-27+,32-29?. The van der Waals surface area contributed by atoms with Gasteiger partial charge in [0.25, 0.3) is 0 Å². The molecule has 5 rings (SSSR count). The number of amidine groups is 1. The molecule has 0 saturated carbocycles. The van der Waals surface area contributed by atoms with Gasteiger partial charge in [0, 0.05) is 35.6 Å². The average Bonchev–Trinajstić information content (AvgIpc) is 3.34. The zero-order valence-electron chi connectivity index (χ0n) is 22.6. The quantitative estimate of drug-likeness (QED) is 0.438. The fourth-order valence-electron chi connectivity index (χ4n) is 5.72. The summed E-state index contributed by atoms with van der Waals surface area (Å²) in [5.74, 6) is 0.269. The minimum atomic E-state index is -0.249. The van der Waals surface area contributed by atoms with E-state index in [0.29, 0.717) is 37.8 Å². The van der Waals surface area contributed by atoms with Gasteiger partial charge in [-0.05, 0) is 88.3 Å². The summed E-state index contributed by atoms with van der Waals surface area (Å²) in [6.45, 7) is 4.54. The molecule has 0 aromatic heterocycles. The van der Waals surface area contributed by atoms with Crippen LogP contribution in [0.25, 0.3) is 0 Å². The first kappa shape index (κ1) is 27.2. The second-order valence-corrected chi connectivity index (χ2v) is 11.9. The maximum absolute atomic E-state index is 13.6. The van der Waals surface area contributed by atoms with Crippen molar-refractivity contribution in [1.29, 1.82) is 5.41 Å². The van der Waals surface area contributed by atoms with Gasteiger partial charge in [0.1, 0.15) is 18.4 Å². The van der Waals surface area contributed by atoms with Crippen LogP contribution in [0.5, 0.6) is 0 Å². The van der Waals surface area contributed by atoms with Gasteiger partial charge in [-0.1, -0.05) is 42.4 Å². The third-order valence-electron chi connectivity index (χ3n) is 8.09. The Labute approximate surface area is 230 Å². The number of nitrogens with one attached hydrogen (secondary N) is 2. The fourth-order valence-corrected chi connectivity index (χ4v) is 6.66. The van der Waals surface area contributed by atoms with Crippen LogP contribution in [0, 0.1) is 11.2 Å². The lowest BCUT2D eigenvalue weighted by atomic mass is 9.95. The fraction of sp³-hybridized carbons (Fsp3) is 0.500. The van der Waals surface area contributed by atoms with Gasteiger partial charge in [0.2, 0.25) is 0 Å². The lowest BCUT2D eigenvalue weighted by Gasteiger charge is -2.35. The van der Waals surface area contributed by atoms with Gasteiger partial charge < -0.3 is 19.9 Å². The summed E-state index contributed by atoms with van der Waals surface area (Å²) in [5.41, 5.74) is 3.43. The van der Waals surface area contributed by atoms with E-state index in [-0.39, 0.29) is 5.82 Å². The van der Waals surface area contributed by atoms with Gasteiger partial charge in [0.05, 0.1) is 11.6 Å². The number of nitrogens with zero attached hydrogens (tertiary/aromatic N) is 3. The predicted octanol–water partition coefficient (Wildman–Crippen LogP) is 5.44. The third kappa shape index (κ3) is 6.60. The summed E-state index contributed by atoms with van der Waals surface area (Å²) in [4.78, 5) is 7.82. The van der Waals surface area contributed by atoms with Crippen molar-refractivity contribution in [2.45, 2.75) is 55.6 Å². The van der Waals surface area contributed by atoms with E-state index in [9.17, 15) is 4.39 Å². The second-order valence-electron chi connectivity index (χ2n) is 10.8. The summed E-state index contributed by atoms with van der Waals surface area (Å²) in [6, 6.07) is 16.4. The molecule has 6 nitrogen and oxygen atoms in total. The molecule has 3 aliphatic heterocycles. The molecule has 3 aliphatic rings. The zero-order valence-corrected chi connectivity index (χ0v) is 23.4. The van der Waals surface area contributed by atoms with Crippen LogP contribution in [-0.4, -0.2) is 73.6 Å². The average molecular weight is 538 g/mol. The summed E-state index contributed by atoms with van der Waals surface area (Å²) in [6.07, 6.45) is 6.15. The lowest BCUT2D eigenvalue weighted by molar-refractivity contribution is 0.0542. The topological polar surface area (TPSA) is 54.8 Å². The maximum atomic E-state index is 13.6. The Hall–Kier alpha value is -2.39. The Balaban J connectivity index is 1.32. The van der Waals surface area contributed by atoms with Crippen LogP contribution in [0.4, 0.5) is 4.39 Å². The Morgan fingerprint density at radius 1 is 1.00 bits per heavy atom. The highest BCUT2D eigenvalue weighted by atomic mass is 32.2. The van der Waals surface area contributed by atoms with E-state index < -0.39 is 0 Å². The van der Waals surface area contributed by atoms with Gasteiger partial charge in [0.15, 0.2) is 0 Å². The van der Waals surface area contributed by atoms with Gasteiger partial charge in [-0.15, -0.1) is 0 Å². The number of thioether (sulfide) groups is 1. The Morgan fingerprint density at radius 2 is 1.76 bits per heavy atom. The molecular formula is C30H40FN5OS. The van der Waals surface area contributed by atoms with Crippen molar-refractivity contribution in [3.8, 4) is 0 Å². The molecule has 2 atom stereocenters. The number of rotatable bonds is 8. The first-order chi connectivity index (χ1) is 18.5. The molecule has 2 aromatic carbocycles. The first-order valence-electron chi connectivity index (χ1n) is 13.8. The summed E-state index contributed by atoms with van der Waals surface area (Å²) >= 11 is 1.54. The van der Waals surface area contributed by atoms with Crippen LogP contribution < -0.4 is 5.32 Å². The van der Waals surface area contributed by atoms with E-state index in [1.807, 2.05) is 4.90 Å². The smallest absolute Gasteiger partial charge is 0.130 e. The van der Waals surface area contributed by atoms with E-state index in [2.05, 4.69) is 53.5 Å². The molecule has 2 aromatic rings. The molecule has 2 unspecified atom stereocenters. The lowest BCUT2D eigenvalue weighted by Crippen LogP contribution is -2.47. The molecule has 0 radical (unpaired) electrons. The molecule has 204 valence electrons. The molecule has 8 heteroatoms. The van der Waals surface area contributed by atoms with Crippen molar-refractivity contribution in [2.75, 3.05) is 47.1 Å². The molecule has 2 N–H and O–H groups in total. The van der Waals surface area contributed by atoms with E-state index in [4.69, 9.17) is 10.1 Å². The number of halogens is 1. The minimum Gasteiger partial charge on any atom is -0.375 e. The van der Waals surface area contributed by atoms with Gasteiger partial charge in [-0.25, -0.2) is 4.39 Å². The summed E-state index contributed by atoms with van der Waals surface area (Å²) in [7, 11) is 4.39. The highest BCUT2D eigenvalue weighted by molar-refractivity contribution is 8.03. The van der Waals surface area contributed by atoms with Gasteiger partial charge >= 0.3 is 0 Å². The van der Waals surface area contributed by atoms with Crippen LogP contribution >= 0.6 is 11.8 Å². The molecule has 38 heavy (non-hydrogen) atoms. The number of ether oxygens (including phenoxy) is 1. The number of hydrogen-bond donors (Lipinski definition) is 2.